The third kappa shape index (κ3) is 4.92. The molecule has 1 aromatic rings. The normalized spacial score (nSPS) is 10.9. The minimum atomic E-state index is -0.732. The Hall–Kier alpha value is -1.73. The average Bonchev–Trinajstić information content (AvgIpc) is 2.48. The predicted octanol–water partition coefficient (Wildman–Crippen LogP) is 3.14. The minimum absolute atomic E-state index is 0.107. The standard InChI is InChI=1S/C14H15BrClNO5/c1-4-22-13-9(15)5-8(16)6-10(13)17-11(14(19)21-3)7-12(18)20-2/h5-7,17H,4H2,1-3H3/b11-7+. The van der Waals surface area contributed by atoms with Gasteiger partial charge in [0.1, 0.15) is 5.70 Å². The molecule has 22 heavy (non-hydrogen) atoms. The number of carbonyl (C=O) groups is 2. The molecule has 0 saturated carbocycles. The topological polar surface area (TPSA) is 73.9 Å². The van der Waals surface area contributed by atoms with Crippen molar-refractivity contribution in [2.75, 3.05) is 26.1 Å². The molecule has 1 rings (SSSR count). The molecule has 0 atom stereocenters. The first-order valence-corrected chi connectivity index (χ1v) is 7.36. The van der Waals surface area contributed by atoms with E-state index in [2.05, 4.69) is 30.7 Å². The SMILES string of the molecule is CCOc1c(Br)cc(Cl)cc1N/C(=C/C(=O)OC)C(=O)OC. The zero-order valence-corrected chi connectivity index (χ0v) is 14.6. The third-order valence-electron chi connectivity index (χ3n) is 2.44. The molecule has 6 nitrogen and oxygen atoms in total. The summed E-state index contributed by atoms with van der Waals surface area (Å²) in [7, 11) is 2.40. The van der Waals surface area contributed by atoms with Crippen LogP contribution >= 0.6 is 27.5 Å². The Balaban J connectivity index is 3.25. The number of methoxy groups -OCH3 is 2. The van der Waals surface area contributed by atoms with E-state index in [0.717, 1.165) is 6.08 Å². The van der Waals surface area contributed by atoms with Crippen LogP contribution in [0, 0.1) is 0 Å². The number of anilines is 1. The molecule has 120 valence electrons. The quantitative estimate of drug-likeness (QED) is 0.592. The van der Waals surface area contributed by atoms with E-state index in [1.807, 2.05) is 6.92 Å². The van der Waals surface area contributed by atoms with Crippen LogP contribution in [0.3, 0.4) is 0 Å². The first-order valence-electron chi connectivity index (χ1n) is 6.19. The lowest BCUT2D eigenvalue weighted by Gasteiger charge is -2.15. The molecule has 8 heteroatoms. The summed E-state index contributed by atoms with van der Waals surface area (Å²) in [5, 5.41) is 3.19. The second-order valence-electron chi connectivity index (χ2n) is 3.90. The fraction of sp³-hybridized carbons (Fsp3) is 0.286. The molecule has 0 amide bonds. The van der Waals surface area contributed by atoms with E-state index in [1.165, 1.54) is 14.2 Å². The maximum Gasteiger partial charge on any atom is 0.354 e. The molecule has 0 spiro atoms. The Bertz CT molecular complexity index is 603. The number of benzene rings is 1. The number of ether oxygens (including phenoxy) is 3. The van der Waals surface area contributed by atoms with Gasteiger partial charge in [-0.05, 0) is 35.0 Å². The number of rotatable bonds is 6. The van der Waals surface area contributed by atoms with E-state index in [4.69, 9.17) is 16.3 Å². The zero-order valence-electron chi connectivity index (χ0n) is 12.2. The van der Waals surface area contributed by atoms with Gasteiger partial charge in [0, 0.05) is 5.02 Å². The van der Waals surface area contributed by atoms with Crippen molar-refractivity contribution >= 4 is 45.2 Å². The number of hydrogen-bond acceptors (Lipinski definition) is 6. The number of esters is 2. The van der Waals surface area contributed by atoms with Gasteiger partial charge < -0.3 is 19.5 Å². The van der Waals surface area contributed by atoms with Gasteiger partial charge in [-0.25, -0.2) is 9.59 Å². The maximum absolute atomic E-state index is 11.8. The molecule has 0 radical (unpaired) electrons. The van der Waals surface area contributed by atoms with Gasteiger partial charge in [0.25, 0.3) is 0 Å². The highest BCUT2D eigenvalue weighted by Gasteiger charge is 2.17. The largest absolute Gasteiger partial charge is 0.491 e. The lowest BCUT2D eigenvalue weighted by Crippen LogP contribution is -2.16. The van der Waals surface area contributed by atoms with Crippen LogP contribution in [0.25, 0.3) is 0 Å². The van der Waals surface area contributed by atoms with Crippen molar-refractivity contribution in [2.45, 2.75) is 6.92 Å². The summed E-state index contributed by atoms with van der Waals surface area (Å²) >= 11 is 9.33. The molecule has 0 bridgehead atoms. The number of nitrogens with one attached hydrogen (secondary N) is 1. The van der Waals surface area contributed by atoms with Crippen molar-refractivity contribution < 1.29 is 23.8 Å². The second-order valence-corrected chi connectivity index (χ2v) is 5.19. The molecular weight excluding hydrogens is 378 g/mol. The molecule has 0 aliphatic rings. The summed E-state index contributed by atoms with van der Waals surface area (Å²) in [6.45, 7) is 2.22. The lowest BCUT2D eigenvalue weighted by molar-refractivity contribution is -0.138. The Morgan fingerprint density at radius 2 is 2.00 bits per heavy atom. The third-order valence-corrected chi connectivity index (χ3v) is 3.24. The highest BCUT2D eigenvalue weighted by molar-refractivity contribution is 9.10. The second kappa shape index (κ2) is 8.65. The molecule has 0 aromatic heterocycles. The van der Waals surface area contributed by atoms with Gasteiger partial charge in [0.05, 0.1) is 37.1 Å². The van der Waals surface area contributed by atoms with Crippen molar-refractivity contribution in [3.63, 3.8) is 0 Å². The van der Waals surface area contributed by atoms with E-state index in [0.29, 0.717) is 27.5 Å². The highest BCUT2D eigenvalue weighted by atomic mass is 79.9. The fourth-order valence-corrected chi connectivity index (χ4v) is 2.45. The summed E-state index contributed by atoms with van der Waals surface area (Å²) in [5.74, 6) is -0.984. The Morgan fingerprint density at radius 3 is 2.55 bits per heavy atom. The highest BCUT2D eigenvalue weighted by Crippen LogP contribution is 2.37. The Morgan fingerprint density at radius 1 is 1.32 bits per heavy atom. The molecule has 0 aliphatic carbocycles. The number of halogens is 2. The summed E-state index contributed by atoms with van der Waals surface area (Å²) in [6, 6.07) is 3.21. The van der Waals surface area contributed by atoms with Crippen molar-refractivity contribution in [1.29, 1.82) is 0 Å². The van der Waals surface area contributed by atoms with Gasteiger partial charge in [-0.2, -0.15) is 0 Å². The summed E-state index contributed by atoms with van der Waals surface area (Å²) in [4.78, 5) is 23.1. The Labute approximate surface area is 141 Å². The molecule has 0 unspecified atom stereocenters. The average molecular weight is 393 g/mol. The van der Waals surface area contributed by atoms with Crippen LogP contribution in [0.5, 0.6) is 5.75 Å². The van der Waals surface area contributed by atoms with E-state index >= 15 is 0 Å². The van der Waals surface area contributed by atoms with Gasteiger partial charge in [-0.3, -0.25) is 0 Å². The number of hydrogen-bond donors (Lipinski definition) is 1. The van der Waals surface area contributed by atoms with Crippen LogP contribution in [0.1, 0.15) is 6.92 Å². The predicted molar refractivity (Wildman–Crippen MR) is 86.1 cm³/mol. The maximum atomic E-state index is 11.8. The van der Waals surface area contributed by atoms with Crippen LogP contribution < -0.4 is 10.1 Å². The van der Waals surface area contributed by atoms with E-state index in [9.17, 15) is 9.59 Å². The molecule has 1 aromatic carbocycles. The van der Waals surface area contributed by atoms with Crippen molar-refractivity contribution in [1.82, 2.24) is 0 Å². The van der Waals surface area contributed by atoms with E-state index < -0.39 is 11.9 Å². The van der Waals surface area contributed by atoms with Gasteiger partial charge in [0.2, 0.25) is 0 Å². The van der Waals surface area contributed by atoms with Crippen molar-refractivity contribution in [3.8, 4) is 5.75 Å². The zero-order chi connectivity index (χ0) is 16.7. The summed E-state index contributed by atoms with van der Waals surface area (Å²) < 4.78 is 15.2. The molecule has 0 heterocycles. The van der Waals surface area contributed by atoms with Crippen LogP contribution in [0.15, 0.2) is 28.4 Å². The Kier molecular flexibility index (Phi) is 7.20. The van der Waals surface area contributed by atoms with Gasteiger partial charge in [-0.1, -0.05) is 11.6 Å². The van der Waals surface area contributed by atoms with Crippen LogP contribution in [0.4, 0.5) is 5.69 Å². The van der Waals surface area contributed by atoms with Gasteiger partial charge >= 0.3 is 11.9 Å². The smallest absolute Gasteiger partial charge is 0.354 e. The molecule has 0 saturated heterocycles. The lowest BCUT2D eigenvalue weighted by atomic mass is 10.2. The van der Waals surface area contributed by atoms with Crippen LogP contribution in [-0.4, -0.2) is 32.8 Å². The van der Waals surface area contributed by atoms with Crippen molar-refractivity contribution in [3.05, 3.63) is 33.4 Å². The van der Waals surface area contributed by atoms with Gasteiger partial charge in [0.15, 0.2) is 5.75 Å². The summed E-state index contributed by atoms with van der Waals surface area (Å²) in [5.41, 5.74) is 0.297. The van der Waals surface area contributed by atoms with Crippen molar-refractivity contribution in [2.24, 2.45) is 0 Å². The van der Waals surface area contributed by atoms with E-state index in [-0.39, 0.29) is 5.70 Å². The van der Waals surface area contributed by atoms with E-state index in [1.54, 1.807) is 12.1 Å². The molecular formula is C14H15BrClNO5. The monoisotopic (exact) mass is 391 g/mol. The van der Waals surface area contributed by atoms with Crippen LogP contribution in [-0.2, 0) is 19.1 Å². The molecule has 0 fully saturated rings. The minimum Gasteiger partial charge on any atom is -0.491 e. The number of carbonyl (C=O) groups excluding carboxylic acids is 2. The first kappa shape index (κ1) is 18.3. The van der Waals surface area contributed by atoms with Crippen LogP contribution in [0.2, 0.25) is 5.02 Å². The fourth-order valence-electron chi connectivity index (χ4n) is 1.52. The summed E-state index contributed by atoms with van der Waals surface area (Å²) in [6.07, 6.45) is 0.983. The molecule has 0 aliphatic heterocycles. The first-order chi connectivity index (χ1) is 10.4. The van der Waals surface area contributed by atoms with Gasteiger partial charge in [-0.15, -0.1) is 0 Å². The molecule has 1 N–H and O–H groups in total.